The minimum atomic E-state index is -0.196. The van der Waals surface area contributed by atoms with Gasteiger partial charge in [0.05, 0.1) is 17.9 Å². The molecule has 2 aromatic heterocycles. The van der Waals surface area contributed by atoms with Gasteiger partial charge in [-0.25, -0.2) is 4.98 Å². The number of methoxy groups -OCH3 is 1. The second-order valence-electron chi connectivity index (χ2n) is 5.62. The van der Waals surface area contributed by atoms with Gasteiger partial charge in [-0.05, 0) is 36.4 Å². The molecule has 0 unspecified atom stereocenters. The molecule has 0 aliphatic rings. The maximum Gasteiger partial charge on any atom is 0.236 e. The summed E-state index contributed by atoms with van der Waals surface area (Å²) in [7, 11) is 3.44. The van der Waals surface area contributed by atoms with Crippen molar-refractivity contribution in [2.45, 2.75) is 11.8 Å². The zero-order chi connectivity index (χ0) is 19.9. The van der Waals surface area contributed by atoms with Crippen molar-refractivity contribution in [2.75, 3.05) is 18.2 Å². The standard InChI is InChI=1S/C18H18ClN5O3S/c1-24-16(10-27-14-6-4-13(26-2)5-7-14)22-23-18(24)28-11-17(25)21-15-8-3-12(19)9-20-15/h3-9H,10-11H2,1-2H3,(H,20,21,25). The molecule has 0 radical (unpaired) electrons. The number of nitrogens with one attached hydrogen (secondary N) is 1. The lowest BCUT2D eigenvalue weighted by atomic mass is 10.3. The van der Waals surface area contributed by atoms with Crippen LogP contribution in [0.1, 0.15) is 5.82 Å². The van der Waals surface area contributed by atoms with Crippen molar-refractivity contribution in [3.05, 3.63) is 53.4 Å². The van der Waals surface area contributed by atoms with E-state index in [1.54, 1.807) is 23.8 Å². The summed E-state index contributed by atoms with van der Waals surface area (Å²) in [5.74, 6) is 2.54. The molecule has 8 nitrogen and oxygen atoms in total. The van der Waals surface area contributed by atoms with Gasteiger partial charge in [-0.2, -0.15) is 0 Å². The van der Waals surface area contributed by atoms with E-state index in [-0.39, 0.29) is 18.3 Å². The van der Waals surface area contributed by atoms with E-state index in [0.717, 1.165) is 5.75 Å². The lowest BCUT2D eigenvalue weighted by molar-refractivity contribution is -0.113. The number of thioether (sulfide) groups is 1. The second kappa shape index (κ2) is 9.43. The van der Waals surface area contributed by atoms with Gasteiger partial charge in [0, 0.05) is 13.2 Å². The Morgan fingerprint density at radius 2 is 1.93 bits per heavy atom. The van der Waals surface area contributed by atoms with Crippen LogP contribution in [0.4, 0.5) is 5.82 Å². The molecule has 1 aromatic carbocycles. The first-order valence-corrected chi connectivity index (χ1v) is 9.61. The zero-order valence-electron chi connectivity index (χ0n) is 15.3. The van der Waals surface area contributed by atoms with Gasteiger partial charge >= 0.3 is 0 Å². The van der Waals surface area contributed by atoms with Gasteiger partial charge in [0.15, 0.2) is 11.0 Å². The quantitative estimate of drug-likeness (QED) is 0.560. The molecule has 0 saturated carbocycles. The van der Waals surface area contributed by atoms with Crippen molar-refractivity contribution >= 4 is 35.1 Å². The molecule has 1 N–H and O–H groups in total. The second-order valence-corrected chi connectivity index (χ2v) is 7.00. The van der Waals surface area contributed by atoms with Gasteiger partial charge in [-0.3, -0.25) is 4.79 Å². The molecule has 0 atom stereocenters. The van der Waals surface area contributed by atoms with E-state index in [1.165, 1.54) is 18.0 Å². The summed E-state index contributed by atoms with van der Waals surface area (Å²) in [6.07, 6.45) is 1.47. The monoisotopic (exact) mass is 419 g/mol. The fourth-order valence-electron chi connectivity index (χ4n) is 2.18. The number of aromatic nitrogens is 4. The number of ether oxygens (including phenoxy) is 2. The van der Waals surface area contributed by atoms with E-state index < -0.39 is 0 Å². The number of hydrogen-bond acceptors (Lipinski definition) is 7. The Morgan fingerprint density at radius 3 is 2.61 bits per heavy atom. The number of anilines is 1. The van der Waals surface area contributed by atoms with Gasteiger partial charge < -0.3 is 19.4 Å². The first kappa shape index (κ1) is 20.0. The van der Waals surface area contributed by atoms with Crippen LogP contribution in [-0.2, 0) is 18.4 Å². The van der Waals surface area contributed by atoms with E-state index in [4.69, 9.17) is 21.1 Å². The van der Waals surface area contributed by atoms with Gasteiger partial charge in [0.25, 0.3) is 0 Å². The fraction of sp³-hybridized carbons (Fsp3) is 0.222. The lowest BCUT2D eigenvalue weighted by Crippen LogP contribution is -2.15. The van der Waals surface area contributed by atoms with E-state index in [0.29, 0.717) is 27.6 Å². The van der Waals surface area contributed by atoms with Crippen molar-refractivity contribution in [2.24, 2.45) is 7.05 Å². The number of nitrogens with zero attached hydrogens (tertiary/aromatic N) is 4. The molecule has 0 fully saturated rings. The Kier molecular flexibility index (Phi) is 6.72. The Bertz CT molecular complexity index is 931. The minimum absolute atomic E-state index is 0.176. The summed E-state index contributed by atoms with van der Waals surface area (Å²) >= 11 is 7.05. The van der Waals surface area contributed by atoms with Crippen LogP contribution < -0.4 is 14.8 Å². The van der Waals surface area contributed by atoms with Gasteiger partial charge in [0.2, 0.25) is 5.91 Å². The van der Waals surface area contributed by atoms with E-state index in [2.05, 4.69) is 20.5 Å². The summed E-state index contributed by atoms with van der Waals surface area (Å²) < 4.78 is 12.6. The highest BCUT2D eigenvalue weighted by atomic mass is 35.5. The Morgan fingerprint density at radius 1 is 1.18 bits per heavy atom. The largest absolute Gasteiger partial charge is 0.497 e. The van der Waals surface area contributed by atoms with Crippen LogP contribution in [0.15, 0.2) is 47.8 Å². The van der Waals surface area contributed by atoms with E-state index in [1.807, 2.05) is 31.3 Å². The summed E-state index contributed by atoms with van der Waals surface area (Å²) in [5, 5.41) is 12.1. The van der Waals surface area contributed by atoms with Gasteiger partial charge in [-0.1, -0.05) is 23.4 Å². The number of carbonyl (C=O) groups is 1. The number of benzene rings is 1. The number of carbonyl (C=O) groups excluding carboxylic acids is 1. The number of halogens is 1. The van der Waals surface area contributed by atoms with Gasteiger partial charge in [-0.15, -0.1) is 10.2 Å². The van der Waals surface area contributed by atoms with Crippen LogP contribution in [0.2, 0.25) is 5.02 Å². The zero-order valence-corrected chi connectivity index (χ0v) is 16.8. The van der Waals surface area contributed by atoms with Crippen LogP contribution in [0.25, 0.3) is 0 Å². The molecule has 146 valence electrons. The number of amides is 1. The molecule has 10 heteroatoms. The SMILES string of the molecule is COc1ccc(OCc2nnc(SCC(=O)Nc3ccc(Cl)cn3)n2C)cc1. The lowest BCUT2D eigenvalue weighted by Gasteiger charge is -2.07. The fourth-order valence-corrected chi connectivity index (χ4v) is 3.02. The average molecular weight is 420 g/mol. The molecule has 0 saturated heterocycles. The van der Waals surface area contributed by atoms with Crippen LogP contribution in [-0.4, -0.2) is 38.5 Å². The van der Waals surface area contributed by atoms with E-state index >= 15 is 0 Å². The van der Waals surface area contributed by atoms with Crippen LogP contribution in [0, 0.1) is 0 Å². The van der Waals surface area contributed by atoms with E-state index in [9.17, 15) is 4.79 Å². The van der Waals surface area contributed by atoms with Crippen molar-refractivity contribution in [3.63, 3.8) is 0 Å². The molecule has 3 rings (SSSR count). The third kappa shape index (κ3) is 5.37. The third-order valence-electron chi connectivity index (χ3n) is 3.68. The van der Waals surface area contributed by atoms with Crippen LogP contribution in [0.5, 0.6) is 11.5 Å². The summed E-state index contributed by atoms with van der Waals surface area (Å²) in [5.41, 5.74) is 0. The first-order valence-electron chi connectivity index (χ1n) is 8.24. The Balaban J connectivity index is 1.50. The number of rotatable bonds is 8. The molecule has 0 aliphatic heterocycles. The average Bonchev–Trinajstić information content (AvgIpc) is 3.06. The minimum Gasteiger partial charge on any atom is -0.497 e. The number of pyridine rings is 1. The highest BCUT2D eigenvalue weighted by Crippen LogP contribution is 2.20. The summed E-state index contributed by atoms with van der Waals surface area (Å²) in [4.78, 5) is 16.1. The van der Waals surface area contributed by atoms with Gasteiger partial charge in [0.1, 0.15) is 23.9 Å². The molecular weight excluding hydrogens is 402 g/mol. The Hall–Kier alpha value is -2.78. The Labute approximate surface area is 171 Å². The highest BCUT2D eigenvalue weighted by Gasteiger charge is 2.12. The maximum absolute atomic E-state index is 12.1. The molecule has 2 heterocycles. The van der Waals surface area contributed by atoms with Crippen molar-refractivity contribution in [1.29, 1.82) is 0 Å². The molecular formula is C18H18ClN5O3S. The molecule has 0 bridgehead atoms. The molecule has 3 aromatic rings. The maximum atomic E-state index is 12.1. The smallest absolute Gasteiger partial charge is 0.236 e. The van der Waals surface area contributed by atoms with Crippen molar-refractivity contribution in [3.8, 4) is 11.5 Å². The highest BCUT2D eigenvalue weighted by molar-refractivity contribution is 7.99. The summed E-state index contributed by atoms with van der Waals surface area (Å²) in [6, 6.07) is 10.6. The van der Waals surface area contributed by atoms with Crippen LogP contribution in [0.3, 0.4) is 0 Å². The topological polar surface area (TPSA) is 91.2 Å². The normalized spacial score (nSPS) is 10.5. The molecule has 28 heavy (non-hydrogen) atoms. The third-order valence-corrected chi connectivity index (χ3v) is 4.92. The number of hydrogen-bond donors (Lipinski definition) is 1. The predicted molar refractivity (Wildman–Crippen MR) is 107 cm³/mol. The molecule has 0 spiro atoms. The van der Waals surface area contributed by atoms with Crippen molar-refractivity contribution < 1.29 is 14.3 Å². The predicted octanol–water partition coefficient (Wildman–Crippen LogP) is 3.18. The van der Waals surface area contributed by atoms with Crippen molar-refractivity contribution in [1.82, 2.24) is 19.7 Å². The van der Waals surface area contributed by atoms with Crippen LogP contribution >= 0.6 is 23.4 Å². The molecule has 0 aliphatic carbocycles. The molecule has 1 amide bonds. The summed E-state index contributed by atoms with van der Waals surface area (Å²) in [6.45, 7) is 0.261. The first-order chi connectivity index (χ1) is 13.5.